The molecule has 0 bridgehead atoms. The molecule has 1 rings (SSSR count). The van der Waals surface area contributed by atoms with Crippen LogP contribution in [0.15, 0.2) is 0 Å². The number of hydrogen-bond acceptors (Lipinski definition) is 4. The van der Waals surface area contributed by atoms with Crippen LogP contribution >= 0.6 is 0 Å². The van der Waals surface area contributed by atoms with Crippen LogP contribution in [0.2, 0.25) is 0 Å². The van der Waals surface area contributed by atoms with Crippen LogP contribution in [0.25, 0.3) is 0 Å². The second-order valence-electron chi connectivity index (χ2n) is 4.80. The van der Waals surface area contributed by atoms with E-state index < -0.39 is 23.7 Å². The average molecular weight is 230 g/mol. The van der Waals surface area contributed by atoms with Gasteiger partial charge in [-0.2, -0.15) is 0 Å². The molecule has 0 aromatic rings. The minimum Gasteiger partial charge on any atom is -0.480 e. The third-order valence-electron chi connectivity index (χ3n) is 2.17. The molecule has 0 aromatic carbocycles. The fourth-order valence-corrected chi connectivity index (χ4v) is 1.58. The van der Waals surface area contributed by atoms with Crippen molar-refractivity contribution in [2.75, 3.05) is 6.54 Å². The summed E-state index contributed by atoms with van der Waals surface area (Å²) in [5, 5.41) is 10.3. The van der Waals surface area contributed by atoms with E-state index in [1.807, 2.05) is 0 Å². The maximum Gasteiger partial charge on any atom is 0.422 e. The van der Waals surface area contributed by atoms with E-state index in [-0.39, 0.29) is 0 Å². The van der Waals surface area contributed by atoms with Gasteiger partial charge < -0.3 is 9.84 Å². The van der Waals surface area contributed by atoms with E-state index in [9.17, 15) is 9.59 Å². The van der Waals surface area contributed by atoms with E-state index in [1.54, 1.807) is 20.8 Å². The first-order chi connectivity index (χ1) is 7.29. The SMILES string of the molecule is CC(C)(C)OC(=O)NN1CCCC1C(=O)O. The Bertz CT molecular complexity index is 285. The Morgan fingerprint density at radius 3 is 2.56 bits per heavy atom. The monoisotopic (exact) mass is 230 g/mol. The van der Waals surface area contributed by atoms with Crippen molar-refractivity contribution >= 4 is 12.1 Å². The van der Waals surface area contributed by atoms with Crippen molar-refractivity contribution in [3.63, 3.8) is 0 Å². The van der Waals surface area contributed by atoms with Crippen molar-refractivity contribution in [2.24, 2.45) is 0 Å². The van der Waals surface area contributed by atoms with E-state index in [4.69, 9.17) is 9.84 Å². The predicted molar refractivity (Wildman–Crippen MR) is 56.7 cm³/mol. The van der Waals surface area contributed by atoms with E-state index in [0.29, 0.717) is 13.0 Å². The molecule has 0 radical (unpaired) electrons. The summed E-state index contributed by atoms with van der Waals surface area (Å²) in [4.78, 5) is 22.3. The predicted octanol–water partition coefficient (Wildman–Crippen LogP) is 0.975. The number of nitrogens with one attached hydrogen (secondary N) is 1. The lowest BCUT2D eigenvalue weighted by Gasteiger charge is -2.25. The quantitative estimate of drug-likeness (QED) is 0.739. The zero-order chi connectivity index (χ0) is 12.3. The van der Waals surface area contributed by atoms with E-state index >= 15 is 0 Å². The second kappa shape index (κ2) is 4.69. The van der Waals surface area contributed by atoms with Gasteiger partial charge in [0, 0.05) is 6.54 Å². The summed E-state index contributed by atoms with van der Waals surface area (Å²) in [5.74, 6) is -0.923. The molecule has 92 valence electrons. The topological polar surface area (TPSA) is 78.9 Å². The standard InChI is InChI=1S/C10H18N2O4/c1-10(2,3)16-9(15)11-12-6-4-5-7(12)8(13)14/h7H,4-6H2,1-3H3,(H,11,15)(H,13,14). The van der Waals surface area contributed by atoms with Crippen molar-refractivity contribution in [3.8, 4) is 0 Å². The largest absolute Gasteiger partial charge is 0.480 e. The van der Waals surface area contributed by atoms with Crippen LogP contribution in [-0.4, -0.2) is 40.4 Å². The average Bonchev–Trinajstić information content (AvgIpc) is 2.47. The Hall–Kier alpha value is -1.30. The molecule has 0 aliphatic carbocycles. The maximum absolute atomic E-state index is 11.4. The summed E-state index contributed by atoms with van der Waals surface area (Å²) in [7, 11) is 0. The van der Waals surface area contributed by atoms with Crippen molar-refractivity contribution in [1.82, 2.24) is 10.4 Å². The molecule has 1 amide bonds. The molecule has 1 aliphatic rings. The molecule has 1 unspecified atom stereocenters. The second-order valence-corrected chi connectivity index (χ2v) is 4.80. The number of ether oxygens (including phenoxy) is 1. The molecule has 6 heteroatoms. The molecule has 0 saturated carbocycles. The number of rotatable bonds is 2. The van der Waals surface area contributed by atoms with E-state index in [2.05, 4.69) is 5.43 Å². The van der Waals surface area contributed by atoms with Crippen LogP contribution < -0.4 is 5.43 Å². The Kier molecular flexibility index (Phi) is 3.74. The van der Waals surface area contributed by atoms with Gasteiger partial charge in [0.1, 0.15) is 11.6 Å². The van der Waals surface area contributed by atoms with Gasteiger partial charge in [0.25, 0.3) is 0 Å². The normalized spacial score (nSPS) is 21.8. The first kappa shape index (κ1) is 12.8. The number of hydrazine groups is 1. The molecule has 0 spiro atoms. The van der Waals surface area contributed by atoms with Crippen LogP contribution in [-0.2, 0) is 9.53 Å². The highest BCUT2D eigenvalue weighted by Crippen LogP contribution is 2.15. The van der Waals surface area contributed by atoms with Crippen LogP contribution in [0.4, 0.5) is 4.79 Å². The summed E-state index contributed by atoms with van der Waals surface area (Å²) in [6, 6.07) is -0.646. The highest BCUT2D eigenvalue weighted by Gasteiger charge is 2.32. The maximum atomic E-state index is 11.4. The third kappa shape index (κ3) is 3.69. The molecule has 1 saturated heterocycles. The molecule has 16 heavy (non-hydrogen) atoms. The molecule has 2 N–H and O–H groups in total. The molecule has 1 heterocycles. The molecule has 1 aliphatic heterocycles. The fourth-order valence-electron chi connectivity index (χ4n) is 1.58. The van der Waals surface area contributed by atoms with E-state index in [0.717, 1.165) is 6.42 Å². The lowest BCUT2D eigenvalue weighted by atomic mass is 10.2. The van der Waals surface area contributed by atoms with Gasteiger partial charge in [-0.1, -0.05) is 0 Å². The molecule has 0 aromatic heterocycles. The third-order valence-corrected chi connectivity index (χ3v) is 2.17. The summed E-state index contributed by atoms with van der Waals surface area (Å²) in [6.45, 7) is 5.80. The Labute approximate surface area is 94.5 Å². The smallest absolute Gasteiger partial charge is 0.422 e. The number of carboxylic acid groups (broad SMARTS) is 1. The van der Waals surface area contributed by atoms with Crippen LogP contribution in [0.3, 0.4) is 0 Å². The zero-order valence-corrected chi connectivity index (χ0v) is 9.82. The summed E-state index contributed by atoms with van der Waals surface area (Å²) in [5.41, 5.74) is 1.88. The first-order valence-corrected chi connectivity index (χ1v) is 5.29. The molecular weight excluding hydrogens is 212 g/mol. The van der Waals surface area contributed by atoms with Crippen LogP contribution in [0.5, 0.6) is 0 Å². The molecule has 1 fully saturated rings. The highest BCUT2D eigenvalue weighted by molar-refractivity contribution is 5.75. The number of carbonyl (C=O) groups is 2. The molecule has 6 nitrogen and oxygen atoms in total. The fraction of sp³-hybridized carbons (Fsp3) is 0.800. The summed E-state index contributed by atoms with van der Waals surface area (Å²) >= 11 is 0. The van der Waals surface area contributed by atoms with Gasteiger partial charge in [-0.05, 0) is 33.6 Å². The van der Waals surface area contributed by atoms with Crippen molar-refractivity contribution in [1.29, 1.82) is 0 Å². The Balaban J connectivity index is 2.47. The summed E-state index contributed by atoms with van der Waals surface area (Å²) in [6.07, 6.45) is 0.693. The van der Waals surface area contributed by atoms with Gasteiger partial charge in [0.05, 0.1) is 0 Å². The Morgan fingerprint density at radius 1 is 1.44 bits per heavy atom. The van der Waals surface area contributed by atoms with E-state index in [1.165, 1.54) is 5.01 Å². The lowest BCUT2D eigenvalue weighted by Crippen LogP contribution is -2.49. The van der Waals surface area contributed by atoms with Crippen molar-refractivity contribution in [2.45, 2.75) is 45.3 Å². The van der Waals surface area contributed by atoms with Gasteiger partial charge in [-0.25, -0.2) is 9.80 Å². The van der Waals surface area contributed by atoms with Gasteiger partial charge in [-0.15, -0.1) is 0 Å². The molecular formula is C10H18N2O4. The van der Waals surface area contributed by atoms with Crippen molar-refractivity contribution in [3.05, 3.63) is 0 Å². The Morgan fingerprint density at radius 2 is 2.06 bits per heavy atom. The van der Waals surface area contributed by atoms with Gasteiger partial charge in [0.15, 0.2) is 0 Å². The summed E-state index contributed by atoms with van der Waals surface area (Å²) < 4.78 is 5.04. The van der Waals surface area contributed by atoms with Crippen LogP contribution in [0, 0.1) is 0 Å². The first-order valence-electron chi connectivity index (χ1n) is 5.29. The zero-order valence-electron chi connectivity index (χ0n) is 9.82. The minimum absolute atomic E-state index is 0.538. The lowest BCUT2D eigenvalue weighted by molar-refractivity contribution is -0.143. The number of nitrogens with zero attached hydrogens (tertiary/aromatic N) is 1. The number of hydrogen-bond donors (Lipinski definition) is 2. The van der Waals surface area contributed by atoms with Gasteiger partial charge >= 0.3 is 12.1 Å². The van der Waals surface area contributed by atoms with Gasteiger partial charge in [-0.3, -0.25) is 10.2 Å². The van der Waals surface area contributed by atoms with Crippen LogP contribution in [0.1, 0.15) is 33.6 Å². The number of carbonyl (C=O) groups excluding carboxylic acids is 1. The minimum atomic E-state index is -0.923. The number of carboxylic acids is 1. The number of amides is 1. The number of aliphatic carboxylic acids is 1. The highest BCUT2D eigenvalue weighted by atomic mass is 16.6. The molecule has 1 atom stereocenters. The van der Waals surface area contributed by atoms with Gasteiger partial charge in [0.2, 0.25) is 0 Å². The van der Waals surface area contributed by atoms with Crippen molar-refractivity contribution < 1.29 is 19.4 Å².